The lowest BCUT2D eigenvalue weighted by Gasteiger charge is -2.27. The molecule has 0 aliphatic heterocycles. The first kappa shape index (κ1) is 18.2. The third kappa shape index (κ3) is 3.25. The SMILES string of the molecule is Cc1cc2nnc(SCC(=O)N[C@@](C)(C#N)C(C)C)n2c2ccccc12. The fourth-order valence-electron chi connectivity index (χ4n) is 2.73. The highest BCUT2D eigenvalue weighted by atomic mass is 32.2. The molecule has 6 nitrogen and oxygen atoms in total. The highest BCUT2D eigenvalue weighted by molar-refractivity contribution is 7.99. The van der Waals surface area contributed by atoms with Crippen LogP contribution in [0, 0.1) is 24.2 Å². The van der Waals surface area contributed by atoms with Crippen molar-refractivity contribution >= 4 is 34.2 Å². The Labute approximate surface area is 156 Å². The molecule has 2 aromatic heterocycles. The van der Waals surface area contributed by atoms with Gasteiger partial charge in [0.2, 0.25) is 5.91 Å². The van der Waals surface area contributed by atoms with Crippen LogP contribution in [0.5, 0.6) is 0 Å². The zero-order chi connectivity index (χ0) is 18.9. The molecule has 134 valence electrons. The number of carbonyl (C=O) groups excluding carboxylic acids is 1. The predicted octanol–water partition coefficient (Wildman–Crippen LogP) is 3.34. The van der Waals surface area contributed by atoms with Gasteiger partial charge >= 0.3 is 0 Å². The molecule has 0 spiro atoms. The lowest BCUT2D eigenvalue weighted by molar-refractivity contribution is -0.120. The number of nitrogens with zero attached hydrogens (tertiary/aromatic N) is 4. The zero-order valence-electron chi connectivity index (χ0n) is 15.3. The Morgan fingerprint density at radius 2 is 2.12 bits per heavy atom. The topological polar surface area (TPSA) is 83.1 Å². The van der Waals surface area contributed by atoms with E-state index in [0.29, 0.717) is 5.16 Å². The van der Waals surface area contributed by atoms with E-state index in [0.717, 1.165) is 22.1 Å². The van der Waals surface area contributed by atoms with E-state index >= 15 is 0 Å². The van der Waals surface area contributed by atoms with Crippen LogP contribution in [-0.2, 0) is 4.79 Å². The summed E-state index contributed by atoms with van der Waals surface area (Å²) < 4.78 is 1.96. The summed E-state index contributed by atoms with van der Waals surface area (Å²) in [6, 6.07) is 12.2. The molecule has 1 amide bonds. The maximum atomic E-state index is 12.3. The van der Waals surface area contributed by atoms with Gasteiger partial charge in [-0.05, 0) is 37.5 Å². The number of amides is 1. The molecule has 0 aliphatic carbocycles. The van der Waals surface area contributed by atoms with Crippen LogP contribution in [0.4, 0.5) is 0 Å². The second-order valence-corrected chi connectivity index (χ2v) is 7.77. The highest BCUT2D eigenvalue weighted by Gasteiger charge is 2.30. The van der Waals surface area contributed by atoms with Crippen molar-refractivity contribution in [1.82, 2.24) is 19.9 Å². The number of aromatic nitrogens is 3. The van der Waals surface area contributed by atoms with Gasteiger partial charge in [-0.25, -0.2) is 0 Å². The number of nitriles is 1. The number of aryl methyl sites for hydroxylation is 1. The summed E-state index contributed by atoms with van der Waals surface area (Å²) in [5.41, 5.74) is 2.03. The molecule has 0 unspecified atom stereocenters. The molecule has 0 bridgehead atoms. The minimum Gasteiger partial charge on any atom is -0.337 e. The third-order valence-corrected chi connectivity index (χ3v) is 5.62. The molecule has 3 rings (SSSR count). The van der Waals surface area contributed by atoms with Crippen LogP contribution in [0.3, 0.4) is 0 Å². The van der Waals surface area contributed by atoms with Crippen molar-refractivity contribution in [1.29, 1.82) is 5.26 Å². The van der Waals surface area contributed by atoms with Crippen molar-refractivity contribution in [2.75, 3.05) is 5.75 Å². The van der Waals surface area contributed by atoms with E-state index in [2.05, 4.69) is 27.6 Å². The summed E-state index contributed by atoms with van der Waals surface area (Å²) in [7, 11) is 0. The summed E-state index contributed by atoms with van der Waals surface area (Å²) in [4.78, 5) is 12.3. The van der Waals surface area contributed by atoms with Crippen LogP contribution in [0.25, 0.3) is 16.6 Å². The van der Waals surface area contributed by atoms with E-state index in [1.807, 2.05) is 49.4 Å². The van der Waals surface area contributed by atoms with Gasteiger partial charge in [-0.2, -0.15) is 5.26 Å². The first-order chi connectivity index (χ1) is 12.4. The molecule has 26 heavy (non-hydrogen) atoms. The van der Waals surface area contributed by atoms with Crippen LogP contribution in [0.2, 0.25) is 0 Å². The average Bonchev–Trinajstić information content (AvgIpc) is 3.03. The minimum absolute atomic E-state index is 0.0160. The molecule has 1 N–H and O–H groups in total. The second kappa shape index (κ2) is 6.96. The molecule has 0 aliphatic rings. The maximum Gasteiger partial charge on any atom is 0.231 e. The molecule has 7 heteroatoms. The Balaban J connectivity index is 1.86. The fraction of sp³-hybridized carbons (Fsp3) is 0.368. The Kier molecular flexibility index (Phi) is 4.88. The van der Waals surface area contributed by atoms with Crippen molar-refractivity contribution in [3.63, 3.8) is 0 Å². The first-order valence-corrected chi connectivity index (χ1v) is 9.43. The number of thioether (sulfide) groups is 1. The molecule has 1 atom stereocenters. The largest absolute Gasteiger partial charge is 0.337 e. The number of hydrogen-bond acceptors (Lipinski definition) is 5. The monoisotopic (exact) mass is 367 g/mol. The van der Waals surface area contributed by atoms with Gasteiger partial charge in [0, 0.05) is 5.39 Å². The zero-order valence-corrected chi connectivity index (χ0v) is 16.1. The Morgan fingerprint density at radius 1 is 1.38 bits per heavy atom. The molecule has 2 heterocycles. The van der Waals surface area contributed by atoms with E-state index in [9.17, 15) is 10.1 Å². The van der Waals surface area contributed by atoms with E-state index in [1.54, 1.807) is 6.92 Å². The highest BCUT2D eigenvalue weighted by Crippen LogP contribution is 2.25. The van der Waals surface area contributed by atoms with Crippen LogP contribution < -0.4 is 5.32 Å². The average molecular weight is 367 g/mol. The van der Waals surface area contributed by atoms with Gasteiger partial charge < -0.3 is 5.32 Å². The van der Waals surface area contributed by atoms with Crippen molar-refractivity contribution < 1.29 is 4.79 Å². The normalized spacial score (nSPS) is 13.7. The van der Waals surface area contributed by atoms with Gasteiger partial charge in [0.15, 0.2) is 10.8 Å². The van der Waals surface area contributed by atoms with Gasteiger partial charge in [-0.3, -0.25) is 9.20 Å². The fourth-order valence-corrected chi connectivity index (χ4v) is 3.48. The Hall–Kier alpha value is -2.59. The van der Waals surface area contributed by atoms with E-state index in [1.165, 1.54) is 11.8 Å². The standard InChI is InChI=1S/C19H21N5OS/c1-12(2)19(4,11-20)21-17(25)10-26-18-23-22-16-9-13(3)14-7-5-6-8-15(14)24(16)18/h5-9,12H,10H2,1-4H3,(H,21,25)/t19-/m0/s1. The summed E-state index contributed by atoms with van der Waals surface area (Å²) in [6.07, 6.45) is 0. The van der Waals surface area contributed by atoms with Crippen LogP contribution >= 0.6 is 11.8 Å². The lowest BCUT2D eigenvalue weighted by atomic mass is 9.90. The molecule has 1 aromatic carbocycles. The third-order valence-electron chi connectivity index (χ3n) is 4.69. The van der Waals surface area contributed by atoms with Crippen LogP contribution in [-0.4, -0.2) is 31.8 Å². The molecule has 3 aromatic rings. The smallest absolute Gasteiger partial charge is 0.231 e. The summed E-state index contributed by atoms with van der Waals surface area (Å²) in [5.74, 6) is -0.00399. The van der Waals surface area contributed by atoms with E-state index in [-0.39, 0.29) is 17.6 Å². The molecular weight excluding hydrogens is 346 g/mol. The van der Waals surface area contributed by atoms with Crippen LogP contribution in [0.15, 0.2) is 35.5 Å². The van der Waals surface area contributed by atoms with E-state index in [4.69, 9.17) is 0 Å². The number of rotatable bonds is 5. The number of fused-ring (bicyclic) bond motifs is 3. The van der Waals surface area contributed by atoms with Gasteiger partial charge in [0.05, 0.1) is 17.3 Å². The molecular formula is C19H21N5OS. The number of carbonyl (C=O) groups is 1. The maximum absolute atomic E-state index is 12.3. The summed E-state index contributed by atoms with van der Waals surface area (Å²) in [5, 5.41) is 22.4. The predicted molar refractivity (Wildman–Crippen MR) is 103 cm³/mol. The Bertz CT molecular complexity index is 1020. The number of benzene rings is 1. The van der Waals surface area contributed by atoms with Crippen LogP contribution in [0.1, 0.15) is 26.3 Å². The van der Waals surface area contributed by atoms with Crippen molar-refractivity contribution in [2.24, 2.45) is 5.92 Å². The molecule has 0 radical (unpaired) electrons. The van der Waals surface area contributed by atoms with E-state index < -0.39 is 5.54 Å². The quantitative estimate of drug-likeness (QED) is 0.699. The summed E-state index contributed by atoms with van der Waals surface area (Å²) >= 11 is 1.32. The number of hydrogen-bond donors (Lipinski definition) is 1. The Morgan fingerprint density at radius 3 is 2.81 bits per heavy atom. The molecule has 0 saturated carbocycles. The number of para-hydroxylation sites is 1. The lowest BCUT2D eigenvalue weighted by Crippen LogP contribution is -2.49. The van der Waals surface area contributed by atoms with Crippen molar-refractivity contribution in [3.05, 3.63) is 35.9 Å². The first-order valence-electron chi connectivity index (χ1n) is 8.44. The number of nitrogens with one attached hydrogen (secondary N) is 1. The van der Waals surface area contributed by atoms with Crippen molar-refractivity contribution in [2.45, 2.75) is 38.4 Å². The minimum atomic E-state index is -0.881. The number of pyridine rings is 1. The van der Waals surface area contributed by atoms with Gasteiger partial charge in [0.1, 0.15) is 5.54 Å². The molecule has 0 fully saturated rings. The van der Waals surface area contributed by atoms with Gasteiger partial charge in [0.25, 0.3) is 0 Å². The second-order valence-electron chi connectivity index (χ2n) is 6.83. The van der Waals surface area contributed by atoms with Gasteiger partial charge in [-0.1, -0.05) is 43.8 Å². The van der Waals surface area contributed by atoms with Crippen molar-refractivity contribution in [3.8, 4) is 6.07 Å². The molecule has 0 saturated heterocycles. The van der Waals surface area contributed by atoms with Gasteiger partial charge in [-0.15, -0.1) is 10.2 Å². The summed E-state index contributed by atoms with van der Waals surface area (Å²) in [6.45, 7) is 7.61.